The van der Waals surface area contributed by atoms with Gasteiger partial charge in [-0.25, -0.2) is 8.42 Å². The molecule has 162 valence electrons. The maximum Gasteiger partial charge on any atom is 0.269 e. The van der Waals surface area contributed by atoms with Crippen molar-refractivity contribution in [3.05, 3.63) is 68.2 Å². The lowest BCUT2D eigenvalue weighted by molar-refractivity contribution is -0.384. The summed E-state index contributed by atoms with van der Waals surface area (Å²) in [6, 6.07) is 8.71. The Morgan fingerprint density at radius 2 is 1.87 bits per heavy atom. The van der Waals surface area contributed by atoms with E-state index in [1.165, 1.54) is 54.2 Å². The summed E-state index contributed by atoms with van der Waals surface area (Å²) >= 11 is 13.3. The molecule has 0 bridgehead atoms. The number of nitro groups is 1. The molecule has 0 aliphatic heterocycles. The van der Waals surface area contributed by atoms with E-state index in [0.717, 1.165) is 0 Å². The highest BCUT2D eigenvalue weighted by molar-refractivity contribution is 7.98. The molecule has 0 saturated heterocycles. The number of halogens is 2. The second-order valence-electron chi connectivity index (χ2n) is 6.17. The standard InChI is InChI=1S/C18H19Cl2N3O5S2/c1-29-9-8-16(22-30(27,28)17-10-13(19)4-7-15(17)20)18(24)21-11-12-2-5-14(6-3-12)23(25)26/h2-7,10,16,22H,8-9,11H2,1H3,(H,21,24). The first-order chi connectivity index (χ1) is 14.1. The van der Waals surface area contributed by atoms with Gasteiger partial charge in [0.2, 0.25) is 15.9 Å². The molecule has 2 aromatic carbocycles. The number of thioether (sulfide) groups is 1. The minimum absolute atomic E-state index is 0.0122. The average molecular weight is 492 g/mol. The maximum absolute atomic E-state index is 12.8. The van der Waals surface area contributed by atoms with Crippen LogP contribution in [0.1, 0.15) is 12.0 Å². The van der Waals surface area contributed by atoms with Crippen LogP contribution in [0.5, 0.6) is 0 Å². The molecule has 0 saturated carbocycles. The number of nitrogens with one attached hydrogen (secondary N) is 2. The molecule has 1 atom stereocenters. The van der Waals surface area contributed by atoms with Gasteiger partial charge in [0.05, 0.1) is 9.95 Å². The number of amides is 1. The summed E-state index contributed by atoms with van der Waals surface area (Å²) in [5, 5.41) is 13.6. The van der Waals surface area contributed by atoms with Crippen LogP contribution in [-0.4, -0.2) is 37.3 Å². The van der Waals surface area contributed by atoms with E-state index in [-0.39, 0.29) is 33.6 Å². The third-order valence-electron chi connectivity index (χ3n) is 4.02. The summed E-state index contributed by atoms with van der Waals surface area (Å²) in [6.07, 6.45) is 2.10. The van der Waals surface area contributed by atoms with Crippen LogP contribution in [0.3, 0.4) is 0 Å². The monoisotopic (exact) mass is 491 g/mol. The first-order valence-electron chi connectivity index (χ1n) is 8.61. The van der Waals surface area contributed by atoms with E-state index in [4.69, 9.17) is 23.2 Å². The Kier molecular flexibility index (Phi) is 8.92. The molecule has 12 heteroatoms. The Hall–Kier alpha value is -1.85. The number of hydrogen-bond acceptors (Lipinski definition) is 6. The van der Waals surface area contributed by atoms with E-state index < -0.39 is 26.9 Å². The van der Waals surface area contributed by atoms with Crippen LogP contribution in [0.4, 0.5) is 5.69 Å². The molecule has 1 unspecified atom stereocenters. The molecule has 2 rings (SSSR count). The maximum atomic E-state index is 12.8. The van der Waals surface area contributed by atoms with Gasteiger partial charge in [0.15, 0.2) is 0 Å². The van der Waals surface area contributed by atoms with Crippen LogP contribution in [0, 0.1) is 10.1 Å². The van der Waals surface area contributed by atoms with Gasteiger partial charge in [0.25, 0.3) is 5.69 Å². The topological polar surface area (TPSA) is 118 Å². The van der Waals surface area contributed by atoms with E-state index in [9.17, 15) is 23.3 Å². The minimum atomic E-state index is -4.10. The quantitative estimate of drug-likeness (QED) is 0.386. The molecular weight excluding hydrogens is 473 g/mol. The van der Waals surface area contributed by atoms with Crippen LogP contribution in [0.2, 0.25) is 10.0 Å². The van der Waals surface area contributed by atoms with E-state index in [2.05, 4.69) is 10.0 Å². The van der Waals surface area contributed by atoms with Gasteiger partial charge in [-0.05, 0) is 42.2 Å². The number of rotatable bonds is 10. The zero-order chi connectivity index (χ0) is 22.3. The number of carbonyl (C=O) groups is 1. The zero-order valence-corrected chi connectivity index (χ0v) is 18.9. The molecule has 1 amide bonds. The highest BCUT2D eigenvalue weighted by Gasteiger charge is 2.27. The predicted octanol–water partition coefficient (Wildman–Crippen LogP) is 3.62. The summed E-state index contributed by atoms with van der Waals surface area (Å²) < 4.78 is 27.9. The van der Waals surface area contributed by atoms with Crippen LogP contribution in [0.15, 0.2) is 47.4 Å². The fourth-order valence-corrected chi connectivity index (χ4v) is 4.92. The average Bonchev–Trinajstić information content (AvgIpc) is 2.71. The SMILES string of the molecule is CSCCC(NS(=O)(=O)c1cc(Cl)ccc1Cl)C(=O)NCc1ccc([N+](=O)[O-])cc1. The largest absolute Gasteiger partial charge is 0.351 e. The molecule has 0 aliphatic carbocycles. The predicted molar refractivity (Wildman–Crippen MR) is 119 cm³/mol. The normalized spacial score (nSPS) is 12.4. The van der Waals surface area contributed by atoms with Crippen LogP contribution < -0.4 is 10.0 Å². The molecule has 2 N–H and O–H groups in total. The first kappa shape index (κ1) is 24.4. The summed E-state index contributed by atoms with van der Waals surface area (Å²) in [7, 11) is -4.10. The highest BCUT2D eigenvalue weighted by atomic mass is 35.5. The molecule has 0 spiro atoms. The van der Waals surface area contributed by atoms with Crippen molar-refractivity contribution in [2.75, 3.05) is 12.0 Å². The van der Waals surface area contributed by atoms with Crippen molar-refractivity contribution in [1.29, 1.82) is 0 Å². The molecular formula is C18H19Cl2N3O5S2. The number of hydrogen-bond donors (Lipinski definition) is 2. The van der Waals surface area contributed by atoms with Gasteiger partial charge in [0.1, 0.15) is 10.9 Å². The van der Waals surface area contributed by atoms with Crippen molar-refractivity contribution >= 4 is 56.6 Å². The lowest BCUT2D eigenvalue weighted by atomic mass is 10.2. The third-order valence-corrected chi connectivity index (χ3v) is 6.85. The fraction of sp³-hybridized carbons (Fsp3) is 0.278. The number of nitrogens with zero attached hydrogens (tertiary/aromatic N) is 1. The van der Waals surface area contributed by atoms with Crippen molar-refractivity contribution in [3.63, 3.8) is 0 Å². The van der Waals surface area contributed by atoms with Gasteiger partial charge in [0, 0.05) is 23.7 Å². The Morgan fingerprint density at radius 1 is 1.20 bits per heavy atom. The number of nitro benzene ring substituents is 1. The second kappa shape index (κ2) is 11.0. The molecule has 0 heterocycles. The van der Waals surface area contributed by atoms with Crippen molar-refractivity contribution in [2.24, 2.45) is 0 Å². The lowest BCUT2D eigenvalue weighted by Crippen LogP contribution is -2.46. The van der Waals surface area contributed by atoms with Gasteiger partial charge in [-0.2, -0.15) is 16.5 Å². The third kappa shape index (κ3) is 6.85. The van der Waals surface area contributed by atoms with E-state index >= 15 is 0 Å². The zero-order valence-electron chi connectivity index (χ0n) is 15.8. The molecule has 0 radical (unpaired) electrons. The Bertz CT molecular complexity index is 1020. The van der Waals surface area contributed by atoms with Crippen LogP contribution in [-0.2, 0) is 21.4 Å². The Balaban J connectivity index is 2.12. The fourth-order valence-electron chi connectivity index (χ4n) is 2.46. The Morgan fingerprint density at radius 3 is 2.47 bits per heavy atom. The minimum Gasteiger partial charge on any atom is -0.351 e. The van der Waals surface area contributed by atoms with Gasteiger partial charge >= 0.3 is 0 Å². The molecule has 0 aromatic heterocycles. The summed E-state index contributed by atoms with van der Waals surface area (Å²) in [5.41, 5.74) is 0.576. The Labute approximate surface area is 188 Å². The molecule has 2 aromatic rings. The number of benzene rings is 2. The smallest absolute Gasteiger partial charge is 0.269 e. The van der Waals surface area contributed by atoms with Crippen molar-refractivity contribution in [2.45, 2.75) is 23.9 Å². The molecule has 30 heavy (non-hydrogen) atoms. The number of sulfonamides is 1. The van der Waals surface area contributed by atoms with E-state index in [0.29, 0.717) is 11.3 Å². The lowest BCUT2D eigenvalue weighted by Gasteiger charge is -2.19. The molecule has 0 aliphatic rings. The molecule has 8 nitrogen and oxygen atoms in total. The van der Waals surface area contributed by atoms with Gasteiger partial charge in [-0.15, -0.1) is 0 Å². The summed E-state index contributed by atoms with van der Waals surface area (Å²) in [4.78, 5) is 22.6. The van der Waals surface area contributed by atoms with Gasteiger partial charge in [-0.1, -0.05) is 35.3 Å². The second-order valence-corrected chi connectivity index (χ2v) is 9.68. The van der Waals surface area contributed by atoms with Crippen molar-refractivity contribution in [3.8, 4) is 0 Å². The number of non-ortho nitro benzene ring substituents is 1. The van der Waals surface area contributed by atoms with Crippen LogP contribution in [0.25, 0.3) is 0 Å². The molecule has 0 fully saturated rings. The summed E-state index contributed by atoms with van der Waals surface area (Å²) in [5.74, 6) is 0.0191. The first-order valence-corrected chi connectivity index (χ1v) is 12.2. The van der Waals surface area contributed by atoms with E-state index in [1.54, 1.807) is 0 Å². The van der Waals surface area contributed by atoms with Crippen LogP contribution >= 0.6 is 35.0 Å². The van der Waals surface area contributed by atoms with E-state index in [1.807, 2.05) is 6.26 Å². The van der Waals surface area contributed by atoms with Gasteiger partial charge in [-0.3, -0.25) is 14.9 Å². The summed E-state index contributed by atoms with van der Waals surface area (Å²) in [6.45, 7) is 0.0895. The number of carbonyl (C=O) groups excluding carboxylic acids is 1. The van der Waals surface area contributed by atoms with Crippen molar-refractivity contribution < 1.29 is 18.1 Å². The van der Waals surface area contributed by atoms with Gasteiger partial charge < -0.3 is 5.32 Å². The highest BCUT2D eigenvalue weighted by Crippen LogP contribution is 2.25. The van der Waals surface area contributed by atoms with Crippen molar-refractivity contribution in [1.82, 2.24) is 10.0 Å².